The number of hydrogen-bond acceptors (Lipinski definition) is 6. The van der Waals surface area contributed by atoms with Crippen molar-refractivity contribution < 1.29 is 19.1 Å². The quantitative estimate of drug-likeness (QED) is 0.265. The van der Waals surface area contributed by atoms with Crippen LogP contribution >= 0.6 is 0 Å². The molecule has 8 heteroatoms. The molecule has 0 aliphatic rings. The zero-order valence-corrected chi connectivity index (χ0v) is 21.6. The highest BCUT2D eigenvalue weighted by Gasteiger charge is 2.25. The van der Waals surface area contributed by atoms with Gasteiger partial charge in [-0.2, -0.15) is 0 Å². The van der Waals surface area contributed by atoms with Crippen molar-refractivity contribution in [3.8, 4) is 5.75 Å². The monoisotopic (exact) mass is 512 g/mol. The van der Waals surface area contributed by atoms with Gasteiger partial charge in [0.2, 0.25) is 5.91 Å². The fourth-order valence-electron chi connectivity index (χ4n) is 4.38. The number of ether oxygens (including phenoxy) is 2. The van der Waals surface area contributed by atoms with E-state index in [1.165, 1.54) is 12.0 Å². The van der Waals surface area contributed by atoms with Crippen molar-refractivity contribution in [2.75, 3.05) is 38.8 Å². The van der Waals surface area contributed by atoms with Gasteiger partial charge in [0.05, 0.1) is 26.6 Å². The van der Waals surface area contributed by atoms with Crippen molar-refractivity contribution in [2.45, 2.75) is 12.6 Å². The SMILES string of the molecule is COC(=O)CN(CCN(c1ccc(OC)cc1)C(c1ccccc1)c1ccccc1)C(=O)Cn1ccnc1. The van der Waals surface area contributed by atoms with Crippen LogP contribution < -0.4 is 9.64 Å². The molecule has 3 aromatic carbocycles. The molecule has 0 aliphatic heterocycles. The van der Waals surface area contributed by atoms with Crippen molar-refractivity contribution in [2.24, 2.45) is 0 Å². The van der Waals surface area contributed by atoms with Crippen LogP contribution in [-0.2, 0) is 20.9 Å². The molecule has 196 valence electrons. The molecule has 0 spiro atoms. The zero-order chi connectivity index (χ0) is 26.7. The minimum absolute atomic E-state index is 0.0837. The van der Waals surface area contributed by atoms with Gasteiger partial charge in [0.25, 0.3) is 0 Å². The van der Waals surface area contributed by atoms with Gasteiger partial charge in [-0.15, -0.1) is 0 Å². The summed E-state index contributed by atoms with van der Waals surface area (Å²) in [6, 6.07) is 28.2. The van der Waals surface area contributed by atoms with Gasteiger partial charge in [0.15, 0.2) is 0 Å². The van der Waals surface area contributed by atoms with Crippen molar-refractivity contribution >= 4 is 17.6 Å². The number of anilines is 1. The molecule has 0 fully saturated rings. The molecule has 38 heavy (non-hydrogen) atoms. The van der Waals surface area contributed by atoms with E-state index in [1.54, 1.807) is 30.4 Å². The number of imidazole rings is 1. The predicted octanol–water partition coefficient (Wildman–Crippen LogP) is 4.19. The van der Waals surface area contributed by atoms with Gasteiger partial charge in [0.1, 0.15) is 18.8 Å². The van der Waals surface area contributed by atoms with Crippen LogP contribution in [0.4, 0.5) is 5.69 Å². The molecule has 1 heterocycles. The predicted molar refractivity (Wildman–Crippen MR) is 146 cm³/mol. The van der Waals surface area contributed by atoms with Crippen LogP contribution in [0.2, 0.25) is 0 Å². The maximum absolute atomic E-state index is 13.2. The van der Waals surface area contributed by atoms with Gasteiger partial charge in [0, 0.05) is 31.2 Å². The maximum atomic E-state index is 13.2. The Hall–Kier alpha value is -4.59. The lowest BCUT2D eigenvalue weighted by molar-refractivity contribution is -0.147. The van der Waals surface area contributed by atoms with E-state index < -0.39 is 5.97 Å². The highest BCUT2D eigenvalue weighted by Crippen LogP contribution is 2.33. The van der Waals surface area contributed by atoms with E-state index >= 15 is 0 Å². The molecule has 1 amide bonds. The van der Waals surface area contributed by atoms with E-state index in [4.69, 9.17) is 9.47 Å². The molecular weight excluding hydrogens is 480 g/mol. The van der Waals surface area contributed by atoms with E-state index in [1.807, 2.05) is 60.7 Å². The van der Waals surface area contributed by atoms with Crippen molar-refractivity contribution in [1.82, 2.24) is 14.5 Å². The van der Waals surface area contributed by atoms with Gasteiger partial charge in [-0.3, -0.25) is 9.59 Å². The Labute approximate surface area is 223 Å². The van der Waals surface area contributed by atoms with Crippen molar-refractivity contribution in [3.63, 3.8) is 0 Å². The van der Waals surface area contributed by atoms with E-state index in [0.717, 1.165) is 22.6 Å². The van der Waals surface area contributed by atoms with Crippen molar-refractivity contribution in [1.29, 1.82) is 0 Å². The number of esters is 1. The molecule has 0 saturated carbocycles. The molecule has 8 nitrogen and oxygen atoms in total. The molecule has 1 aromatic heterocycles. The van der Waals surface area contributed by atoms with Crippen LogP contribution in [0.1, 0.15) is 17.2 Å². The first-order valence-electron chi connectivity index (χ1n) is 12.4. The average Bonchev–Trinajstić information content (AvgIpc) is 3.48. The van der Waals surface area contributed by atoms with Gasteiger partial charge in [-0.05, 0) is 35.4 Å². The van der Waals surface area contributed by atoms with Crippen LogP contribution in [0.15, 0.2) is 104 Å². The van der Waals surface area contributed by atoms with Crippen LogP contribution in [0.3, 0.4) is 0 Å². The molecule has 0 radical (unpaired) electrons. The minimum atomic E-state index is -0.470. The van der Waals surface area contributed by atoms with Crippen LogP contribution in [-0.4, -0.2) is 60.2 Å². The molecule has 0 unspecified atom stereocenters. The number of carbonyl (C=O) groups excluding carboxylic acids is 2. The third-order valence-corrected chi connectivity index (χ3v) is 6.33. The standard InChI is InChI=1S/C30H32N4O4/c1-37-27-15-13-26(14-16-27)34(30(24-9-5-3-6-10-24)25-11-7-4-8-12-25)20-19-33(22-29(36)38-2)28(35)21-32-18-17-31-23-32/h3-18,23,30H,19-22H2,1-2H3. The number of aromatic nitrogens is 2. The number of methoxy groups -OCH3 is 2. The first-order chi connectivity index (χ1) is 18.6. The third-order valence-electron chi connectivity index (χ3n) is 6.33. The summed E-state index contributed by atoms with van der Waals surface area (Å²) < 4.78 is 12.0. The topological polar surface area (TPSA) is 76.9 Å². The van der Waals surface area contributed by atoms with E-state index in [0.29, 0.717) is 13.1 Å². The fourth-order valence-corrected chi connectivity index (χ4v) is 4.38. The number of nitrogens with zero attached hydrogens (tertiary/aromatic N) is 4. The number of amides is 1. The summed E-state index contributed by atoms with van der Waals surface area (Å²) in [6.07, 6.45) is 4.92. The Bertz CT molecular complexity index is 1240. The molecular formula is C30H32N4O4. The maximum Gasteiger partial charge on any atom is 0.325 e. The molecule has 4 rings (SSSR count). The summed E-state index contributed by atoms with van der Waals surface area (Å²) in [6.45, 7) is 0.723. The summed E-state index contributed by atoms with van der Waals surface area (Å²) in [4.78, 5) is 33.3. The van der Waals surface area contributed by atoms with Gasteiger partial charge in [-0.25, -0.2) is 4.98 Å². The Morgan fingerprint density at radius 3 is 2.03 bits per heavy atom. The Morgan fingerprint density at radius 2 is 1.50 bits per heavy atom. The van der Waals surface area contributed by atoms with E-state index in [-0.39, 0.29) is 25.0 Å². The second-order valence-electron chi connectivity index (χ2n) is 8.74. The van der Waals surface area contributed by atoms with Crippen molar-refractivity contribution in [3.05, 3.63) is 115 Å². The van der Waals surface area contributed by atoms with E-state index in [2.05, 4.69) is 34.1 Å². The van der Waals surface area contributed by atoms with Crippen LogP contribution in [0, 0.1) is 0 Å². The number of rotatable bonds is 12. The van der Waals surface area contributed by atoms with Crippen LogP contribution in [0.25, 0.3) is 0 Å². The van der Waals surface area contributed by atoms with Gasteiger partial charge >= 0.3 is 5.97 Å². The molecule has 0 N–H and O–H groups in total. The Morgan fingerprint density at radius 1 is 0.868 bits per heavy atom. The summed E-state index contributed by atoms with van der Waals surface area (Å²) >= 11 is 0. The first-order valence-corrected chi connectivity index (χ1v) is 12.4. The molecule has 0 aliphatic carbocycles. The normalized spacial score (nSPS) is 10.7. The molecule has 0 atom stereocenters. The second kappa shape index (κ2) is 13.1. The lowest BCUT2D eigenvalue weighted by atomic mass is 9.96. The fraction of sp³-hybridized carbons (Fsp3) is 0.233. The highest BCUT2D eigenvalue weighted by molar-refractivity contribution is 5.82. The average molecular weight is 513 g/mol. The second-order valence-corrected chi connectivity index (χ2v) is 8.74. The summed E-state index contributed by atoms with van der Waals surface area (Å²) in [5.74, 6) is 0.0919. The molecule has 4 aromatic rings. The molecule has 0 bridgehead atoms. The zero-order valence-electron chi connectivity index (χ0n) is 21.6. The number of benzene rings is 3. The minimum Gasteiger partial charge on any atom is -0.497 e. The smallest absolute Gasteiger partial charge is 0.325 e. The Balaban J connectivity index is 1.69. The molecule has 0 saturated heterocycles. The third kappa shape index (κ3) is 6.79. The summed E-state index contributed by atoms with van der Waals surface area (Å²) in [5.41, 5.74) is 3.18. The lowest BCUT2D eigenvalue weighted by Gasteiger charge is -2.36. The number of hydrogen-bond donors (Lipinski definition) is 0. The summed E-state index contributed by atoms with van der Waals surface area (Å²) in [5, 5.41) is 0. The van der Waals surface area contributed by atoms with Gasteiger partial charge < -0.3 is 23.8 Å². The van der Waals surface area contributed by atoms with E-state index in [9.17, 15) is 9.59 Å². The Kier molecular flexibility index (Phi) is 9.12. The van der Waals surface area contributed by atoms with Gasteiger partial charge in [-0.1, -0.05) is 60.7 Å². The highest BCUT2D eigenvalue weighted by atomic mass is 16.5. The first kappa shape index (κ1) is 26.5. The number of carbonyl (C=O) groups is 2. The largest absolute Gasteiger partial charge is 0.497 e. The lowest BCUT2D eigenvalue weighted by Crippen LogP contribution is -2.44. The summed E-state index contributed by atoms with van der Waals surface area (Å²) in [7, 11) is 2.96. The van der Waals surface area contributed by atoms with Crippen LogP contribution in [0.5, 0.6) is 5.75 Å².